The van der Waals surface area contributed by atoms with Gasteiger partial charge in [0.25, 0.3) is 0 Å². The predicted octanol–water partition coefficient (Wildman–Crippen LogP) is 0.967. The van der Waals surface area contributed by atoms with Gasteiger partial charge in [0.2, 0.25) is 0 Å². The highest BCUT2D eigenvalue weighted by molar-refractivity contribution is 4.94. The van der Waals surface area contributed by atoms with Crippen molar-refractivity contribution in [2.75, 3.05) is 20.3 Å². The van der Waals surface area contributed by atoms with Gasteiger partial charge in [0.05, 0.1) is 6.33 Å². The molecule has 0 amide bonds. The number of ether oxygens (including phenoxy) is 1. The number of nitrogens with one attached hydrogen (secondary N) is 2. The number of hydrogen-bond acceptors (Lipinski definition) is 3. The summed E-state index contributed by atoms with van der Waals surface area (Å²) in [6.07, 6.45) is 5.63. The lowest BCUT2D eigenvalue weighted by molar-refractivity contribution is 0.185. The Morgan fingerprint density at radius 3 is 3.14 bits per heavy atom. The van der Waals surface area contributed by atoms with Crippen molar-refractivity contribution in [1.82, 2.24) is 15.3 Å². The summed E-state index contributed by atoms with van der Waals surface area (Å²) in [6, 6.07) is 0.512. The van der Waals surface area contributed by atoms with E-state index in [-0.39, 0.29) is 0 Å². The van der Waals surface area contributed by atoms with E-state index in [0.717, 1.165) is 26.0 Å². The summed E-state index contributed by atoms with van der Waals surface area (Å²) < 4.78 is 5.01. The standard InChI is InChI=1S/C10H19N3O/c1-9(4-6-14-2)12-5-3-10-7-11-8-13-10/h7-9,12H,3-6H2,1-2H3,(H,11,13). The van der Waals surface area contributed by atoms with Crippen molar-refractivity contribution in [3.05, 3.63) is 18.2 Å². The summed E-state index contributed by atoms with van der Waals surface area (Å²) in [6.45, 7) is 3.97. The van der Waals surface area contributed by atoms with Gasteiger partial charge in [-0.05, 0) is 13.3 Å². The maximum Gasteiger partial charge on any atom is 0.0921 e. The van der Waals surface area contributed by atoms with Crippen LogP contribution in [0, 0.1) is 0 Å². The SMILES string of the molecule is COCCC(C)NCCc1cnc[nH]1. The second-order valence-corrected chi connectivity index (χ2v) is 3.46. The van der Waals surface area contributed by atoms with E-state index in [9.17, 15) is 0 Å². The Kier molecular flexibility index (Phi) is 5.25. The van der Waals surface area contributed by atoms with E-state index in [1.165, 1.54) is 5.69 Å². The van der Waals surface area contributed by atoms with Gasteiger partial charge in [0, 0.05) is 44.6 Å². The molecular weight excluding hydrogens is 178 g/mol. The van der Waals surface area contributed by atoms with E-state index >= 15 is 0 Å². The van der Waals surface area contributed by atoms with Crippen LogP contribution in [0.15, 0.2) is 12.5 Å². The predicted molar refractivity (Wildman–Crippen MR) is 56.2 cm³/mol. The number of methoxy groups -OCH3 is 1. The van der Waals surface area contributed by atoms with Gasteiger partial charge in [-0.1, -0.05) is 0 Å². The van der Waals surface area contributed by atoms with Crippen molar-refractivity contribution in [3.8, 4) is 0 Å². The van der Waals surface area contributed by atoms with Gasteiger partial charge >= 0.3 is 0 Å². The molecule has 0 radical (unpaired) electrons. The molecular formula is C10H19N3O. The van der Waals surface area contributed by atoms with Gasteiger partial charge in [0.15, 0.2) is 0 Å². The van der Waals surface area contributed by atoms with E-state index in [4.69, 9.17) is 4.74 Å². The van der Waals surface area contributed by atoms with E-state index in [1.54, 1.807) is 13.4 Å². The zero-order valence-corrected chi connectivity index (χ0v) is 8.92. The Morgan fingerprint density at radius 2 is 2.50 bits per heavy atom. The average Bonchev–Trinajstić information content (AvgIpc) is 2.67. The van der Waals surface area contributed by atoms with E-state index in [2.05, 4.69) is 22.2 Å². The molecule has 0 fully saturated rings. The van der Waals surface area contributed by atoms with Crippen LogP contribution in [0.25, 0.3) is 0 Å². The molecule has 1 heterocycles. The van der Waals surface area contributed by atoms with Crippen LogP contribution in [0.4, 0.5) is 0 Å². The molecule has 1 rings (SSSR count). The summed E-state index contributed by atoms with van der Waals surface area (Å²) in [4.78, 5) is 7.04. The van der Waals surface area contributed by atoms with Crippen molar-refractivity contribution in [2.45, 2.75) is 25.8 Å². The minimum Gasteiger partial charge on any atom is -0.385 e. The molecule has 1 aromatic rings. The lowest BCUT2D eigenvalue weighted by Gasteiger charge is -2.12. The monoisotopic (exact) mass is 197 g/mol. The average molecular weight is 197 g/mol. The molecule has 1 aromatic heterocycles. The molecule has 1 atom stereocenters. The second-order valence-electron chi connectivity index (χ2n) is 3.46. The smallest absolute Gasteiger partial charge is 0.0921 e. The second kappa shape index (κ2) is 6.56. The minimum atomic E-state index is 0.512. The highest BCUT2D eigenvalue weighted by Crippen LogP contribution is 1.94. The third-order valence-electron chi connectivity index (χ3n) is 2.20. The first-order valence-corrected chi connectivity index (χ1v) is 5.02. The number of imidazole rings is 1. The maximum absolute atomic E-state index is 5.01. The fourth-order valence-corrected chi connectivity index (χ4v) is 1.27. The first-order chi connectivity index (χ1) is 6.83. The summed E-state index contributed by atoms with van der Waals surface area (Å²) in [5.74, 6) is 0. The molecule has 0 saturated heterocycles. The van der Waals surface area contributed by atoms with Gasteiger partial charge in [-0.15, -0.1) is 0 Å². The van der Waals surface area contributed by atoms with Crippen LogP contribution < -0.4 is 5.32 Å². The molecule has 0 aromatic carbocycles. The number of H-pyrrole nitrogens is 1. The molecule has 2 N–H and O–H groups in total. The Hall–Kier alpha value is -0.870. The number of nitrogens with zero attached hydrogens (tertiary/aromatic N) is 1. The Balaban J connectivity index is 2.03. The molecule has 0 aliphatic carbocycles. The van der Waals surface area contributed by atoms with Gasteiger partial charge in [-0.25, -0.2) is 4.98 Å². The molecule has 0 spiro atoms. The van der Waals surface area contributed by atoms with Crippen molar-refractivity contribution in [2.24, 2.45) is 0 Å². The zero-order chi connectivity index (χ0) is 10.2. The molecule has 0 aliphatic rings. The van der Waals surface area contributed by atoms with Crippen molar-refractivity contribution < 1.29 is 4.74 Å². The normalized spacial score (nSPS) is 13.0. The topological polar surface area (TPSA) is 49.9 Å². The van der Waals surface area contributed by atoms with Gasteiger partial charge < -0.3 is 15.0 Å². The number of aromatic amines is 1. The zero-order valence-electron chi connectivity index (χ0n) is 8.92. The molecule has 0 saturated carbocycles. The van der Waals surface area contributed by atoms with Crippen LogP contribution in [-0.2, 0) is 11.2 Å². The quantitative estimate of drug-likeness (QED) is 0.684. The van der Waals surface area contributed by atoms with Crippen LogP contribution in [-0.4, -0.2) is 36.3 Å². The maximum atomic E-state index is 5.01. The van der Waals surface area contributed by atoms with Crippen LogP contribution >= 0.6 is 0 Å². The largest absolute Gasteiger partial charge is 0.385 e. The molecule has 0 aliphatic heterocycles. The lowest BCUT2D eigenvalue weighted by atomic mass is 10.2. The van der Waals surface area contributed by atoms with Crippen LogP contribution in [0.2, 0.25) is 0 Å². The third kappa shape index (κ3) is 4.39. The van der Waals surface area contributed by atoms with Gasteiger partial charge in [0.1, 0.15) is 0 Å². The first-order valence-electron chi connectivity index (χ1n) is 5.02. The third-order valence-corrected chi connectivity index (χ3v) is 2.20. The summed E-state index contributed by atoms with van der Waals surface area (Å²) >= 11 is 0. The number of rotatable bonds is 7. The minimum absolute atomic E-state index is 0.512. The van der Waals surface area contributed by atoms with Crippen molar-refractivity contribution >= 4 is 0 Å². The van der Waals surface area contributed by atoms with Crippen LogP contribution in [0.5, 0.6) is 0 Å². The molecule has 4 heteroatoms. The Labute approximate surface area is 85.1 Å². The van der Waals surface area contributed by atoms with E-state index in [0.29, 0.717) is 6.04 Å². The summed E-state index contributed by atoms with van der Waals surface area (Å²) in [7, 11) is 1.73. The van der Waals surface area contributed by atoms with Crippen molar-refractivity contribution in [3.63, 3.8) is 0 Å². The summed E-state index contributed by atoms with van der Waals surface area (Å²) in [5.41, 5.74) is 1.18. The lowest BCUT2D eigenvalue weighted by Crippen LogP contribution is -2.29. The molecule has 0 bridgehead atoms. The molecule has 80 valence electrons. The van der Waals surface area contributed by atoms with Gasteiger partial charge in [-0.3, -0.25) is 0 Å². The van der Waals surface area contributed by atoms with E-state index in [1.807, 2.05) is 6.20 Å². The van der Waals surface area contributed by atoms with Gasteiger partial charge in [-0.2, -0.15) is 0 Å². The highest BCUT2D eigenvalue weighted by Gasteiger charge is 2.00. The Bertz CT molecular complexity index is 223. The highest BCUT2D eigenvalue weighted by atomic mass is 16.5. The molecule has 4 nitrogen and oxygen atoms in total. The first kappa shape index (κ1) is 11.2. The molecule has 14 heavy (non-hydrogen) atoms. The number of aromatic nitrogens is 2. The number of hydrogen-bond donors (Lipinski definition) is 2. The fraction of sp³-hybridized carbons (Fsp3) is 0.700. The summed E-state index contributed by atoms with van der Waals surface area (Å²) in [5, 5.41) is 3.43. The molecule has 1 unspecified atom stereocenters. The van der Waals surface area contributed by atoms with Crippen molar-refractivity contribution in [1.29, 1.82) is 0 Å². The van der Waals surface area contributed by atoms with E-state index < -0.39 is 0 Å². The van der Waals surface area contributed by atoms with Crippen LogP contribution in [0.3, 0.4) is 0 Å². The van der Waals surface area contributed by atoms with Crippen LogP contribution in [0.1, 0.15) is 19.0 Å². The Morgan fingerprint density at radius 1 is 1.64 bits per heavy atom. The fourth-order valence-electron chi connectivity index (χ4n) is 1.27.